The maximum Gasteiger partial charge on any atom is 0.220 e. The summed E-state index contributed by atoms with van der Waals surface area (Å²) in [6.45, 7) is 4.36. The van der Waals surface area contributed by atoms with E-state index in [1.165, 1.54) is 225 Å². The first kappa shape index (κ1) is 54.9. The van der Waals surface area contributed by atoms with Crippen LogP contribution in [0.15, 0.2) is 24.3 Å². The predicted octanol–water partition coefficient (Wildman–Crippen LogP) is 16.4. The topological polar surface area (TPSA) is 69.6 Å². The van der Waals surface area contributed by atoms with Crippen molar-refractivity contribution in [1.29, 1.82) is 0 Å². The quantitative estimate of drug-likeness (QED) is 0.0425. The number of rotatable bonds is 47. The number of carbonyl (C=O) groups excluding carboxylic acids is 1. The fraction of sp³-hybridized carbons (Fsp3) is 0.904. The van der Waals surface area contributed by atoms with Crippen LogP contribution in [0.25, 0.3) is 0 Å². The minimum Gasteiger partial charge on any atom is -0.394 e. The molecule has 4 nitrogen and oxygen atoms in total. The van der Waals surface area contributed by atoms with Gasteiger partial charge in [-0.1, -0.05) is 256 Å². The van der Waals surface area contributed by atoms with Crippen LogP contribution in [0, 0.1) is 0 Å². The predicted molar refractivity (Wildman–Crippen MR) is 249 cm³/mol. The number of aliphatic hydroxyl groups excluding tert-OH is 2. The molecule has 0 radical (unpaired) electrons. The number of carbonyl (C=O) groups is 1. The second kappa shape index (κ2) is 48.2. The van der Waals surface area contributed by atoms with Crippen molar-refractivity contribution < 1.29 is 15.0 Å². The Kier molecular flexibility index (Phi) is 47.3. The molecule has 0 saturated carbocycles. The van der Waals surface area contributed by atoms with Gasteiger partial charge in [-0.05, 0) is 44.9 Å². The maximum atomic E-state index is 12.4. The molecule has 0 aliphatic heterocycles. The molecule has 0 saturated heterocycles. The van der Waals surface area contributed by atoms with Gasteiger partial charge in [0.15, 0.2) is 0 Å². The third-order valence-corrected chi connectivity index (χ3v) is 12.0. The lowest BCUT2D eigenvalue weighted by atomic mass is 10.0. The highest BCUT2D eigenvalue weighted by molar-refractivity contribution is 5.76. The highest BCUT2D eigenvalue weighted by Gasteiger charge is 2.20. The first-order chi connectivity index (χ1) is 27.7. The summed E-state index contributed by atoms with van der Waals surface area (Å²) in [6.07, 6.45) is 62.9. The van der Waals surface area contributed by atoms with Crippen molar-refractivity contribution in [2.45, 2.75) is 296 Å². The summed E-state index contributed by atoms with van der Waals surface area (Å²) in [5.74, 6) is -0.0274. The molecule has 0 aliphatic rings. The van der Waals surface area contributed by atoms with Gasteiger partial charge < -0.3 is 15.5 Å². The number of allylic oxidation sites excluding steroid dienone is 4. The van der Waals surface area contributed by atoms with Gasteiger partial charge in [0.2, 0.25) is 5.91 Å². The monoisotopic (exact) mass is 788 g/mol. The summed E-state index contributed by atoms with van der Waals surface area (Å²) < 4.78 is 0. The molecule has 4 heteroatoms. The number of amides is 1. The second-order valence-electron chi connectivity index (χ2n) is 17.6. The van der Waals surface area contributed by atoms with Gasteiger partial charge in [-0.2, -0.15) is 0 Å². The molecule has 0 aromatic carbocycles. The normalized spacial score (nSPS) is 13.0. The molecule has 0 aliphatic carbocycles. The smallest absolute Gasteiger partial charge is 0.220 e. The van der Waals surface area contributed by atoms with Crippen LogP contribution in [0.2, 0.25) is 0 Å². The lowest BCUT2D eigenvalue weighted by Gasteiger charge is -2.22. The van der Waals surface area contributed by atoms with Gasteiger partial charge in [-0.3, -0.25) is 4.79 Å². The van der Waals surface area contributed by atoms with Crippen molar-refractivity contribution in [3.8, 4) is 0 Å². The lowest BCUT2D eigenvalue weighted by Crippen LogP contribution is -2.45. The molecule has 1 amide bonds. The van der Waals surface area contributed by atoms with Gasteiger partial charge in [-0.25, -0.2) is 0 Å². The molecule has 0 spiro atoms. The zero-order valence-corrected chi connectivity index (χ0v) is 38.2. The van der Waals surface area contributed by atoms with E-state index in [1.54, 1.807) is 0 Å². The average molecular weight is 788 g/mol. The number of unbranched alkanes of at least 4 members (excludes halogenated alkanes) is 36. The van der Waals surface area contributed by atoms with Gasteiger partial charge >= 0.3 is 0 Å². The molecule has 2 unspecified atom stereocenters. The largest absolute Gasteiger partial charge is 0.394 e. The summed E-state index contributed by atoms with van der Waals surface area (Å²) >= 11 is 0. The van der Waals surface area contributed by atoms with E-state index in [0.717, 1.165) is 32.1 Å². The van der Waals surface area contributed by atoms with Crippen molar-refractivity contribution in [2.24, 2.45) is 0 Å². The number of hydrogen-bond acceptors (Lipinski definition) is 3. The molecule has 0 fully saturated rings. The fourth-order valence-electron chi connectivity index (χ4n) is 8.04. The van der Waals surface area contributed by atoms with Crippen molar-refractivity contribution in [3.63, 3.8) is 0 Å². The summed E-state index contributed by atoms with van der Waals surface area (Å²) in [5, 5.41) is 23.2. The van der Waals surface area contributed by atoms with E-state index in [0.29, 0.717) is 12.8 Å². The zero-order valence-electron chi connectivity index (χ0n) is 38.2. The SMILES string of the molecule is CCCCCCC/C=C\C/C=C\CCCCCCCCCCCCCCCCCCCCCC(=O)NC(CO)C(O)CCCCCCCCCCCCCCC. The molecular weight excluding hydrogens is 687 g/mol. The summed E-state index contributed by atoms with van der Waals surface area (Å²) in [4.78, 5) is 12.4. The van der Waals surface area contributed by atoms with E-state index in [4.69, 9.17) is 0 Å². The third-order valence-electron chi connectivity index (χ3n) is 12.0. The van der Waals surface area contributed by atoms with E-state index in [1.807, 2.05) is 0 Å². The van der Waals surface area contributed by atoms with Crippen LogP contribution in [-0.4, -0.2) is 34.9 Å². The molecular formula is C52H101NO3. The Balaban J connectivity index is 3.40. The van der Waals surface area contributed by atoms with Crippen LogP contribution in [0.1, 0.15) is 284 Å². The van der Waals surface area contributed by atoms with E-state index in [-0.39, 0.29) is 12.5 Å². The maximum absolute atomic E-state index is 12.4. The fourth-order valence-corrected chi connectivity index (χ4v) is 8.04. The zero-order chi connectivity index (χ0) is 40.7. The summed E-state index contributed by atoms with van der Waals surface area (Å²) in [5.41, 5.74) is 0. The van der Waals surface area contributed by atoms with Crippen LogP contribution in [0.4, 0.5) is 0 Å². The molecule has 0 bridgehead atoms. The van der Waals surface area contributed by atoms with Gasteiger partial charge in [0.1, 0.15) is 0 Å². The lowest BCUT2D eigenvalue weighted by molar-refractivity contribution is -0.123. The minimum atomic E-state index is -0.655. The number of hydrogen-bond donors (Lipinski definition) is 3. The minimum absolute atomic E-state index is 0.0274. The van der Waals surface area contributed by atoms with Crippen LogP contribution >= 0.6 is 0 Å². The molecule has 3 N–H and O–H groups in total. The molecule has 0 aromatic heterocycles. The van der Waals surface area contributed by atoms with Gasteiger partial charge in [0.25, 0.3) is 0 Å². The Morgan fingerprint density at radius 3 is 1.07 bits per heavy atom. The Morgan fingerprint density at radius 1 is 0.429 bits per heavy atom. The Bertz CT molecular complexity index is 810. The van der Waals surface area contributed by atoms with Crippen molar-refractivity contribution >= 4 is 5.91 Å². The van der Waals surface area contributed by atoms with Crippen LogP contribution < -0.4 is 5.32 Å². The van der Waals surface area contributed by atoms with E-state index < -0.39 is 12.1 Å². The average Bonchev–Trinajstić information content (AvgIpc) is 3.20. The molecule has 0 heterocycles. The van der Waals surface area contributed by atoms with E-state index in [9.17, 15) is 15.0 Å². The van der Waals surface area contributed by atoms with Gasteiger partial charge in [0.05, 0.1) is 18.8 Å². The highest BCUT2D eigenvalue weighted by Crippen LogP contribution is 2.17. The van der Waals surface area contributed by atoms with Crippen molar-refractivity contribution in [3.05, 3.63) is 24.3 Å². The number of nitrogens with one attached hydrogen (secondary N) is 1. The van der Waals surface area contributed by atoms with Crippen molar-refractivity contribution in [2.75, 3.05) is 6.61 Å². The highest BCUT2D eigenvalue weighted by atomic mass is 16.3. The number of aliphatic hydroxyl groups is 2. The van der Waals surface area contributed by atoms with Crippen LogP contribution in [0.5, 0.6) is 0 Å². The first-order valence-corrected chi connectivity index (χ1v) is 25.5. The summed E-state index contributed by atoms with van der Waals surface area (Å²) in [6, 6.07) is -0.532. The molecule has 0 aromatic rings. The van der Waals surface area contributed by atoms with Crippen LogP contribution in [0.3, 0.4) is 0 Å². The Hall–Kier alpha value is -1.13. The second-order valence-corrected chi connectivity index (χ2v) is 17.6. The molecule has 0 rings (SSSR count). The first-order valence-electron chi connectivity index (χ1n) is 25.5. The van der Waals surface area contributed by atoms with Gasteiger partial charge in [0, 0.05) is 6.42 Å². The Labute approximate surface area is 351 Å². The molecule has 2 atom stereocenters. The van der Waals surface area contributed by atoms with E-state index in [2.05, 4.69) is 43.5 Å². The van der Waals surface area contributed by atoms with Crippen molar-refractivity contribution in [1.82, 2.24) is 5.32 Å². The Morgan fingerprint density at radius 2 is 0.732 bits per heavy atom. The third kappa shape index (κ3) is 44.0. The molecule has 332 valence electrons. The molecule has 56 heavy (non-hydrogen) atoms. The van der Waals surface area contributed by atoms with Gasteiger partial charge in [-0.15, -0.1) is 0 Å². The van der Waals surface area contributed by atoms with E-state index >= 15 is 0 Å². The van der Waals surface area contributed by atoms with Crippen LogP contribution in [-0.2, 0) is 4.79 Å². The standard InChI is InChI=1S/C52H101NO3/c1-3-5-7-9-11-13-15-17-18-19-20-21-22-23-24-25-26-27-28-29-30-31-32-33-34-36-38-40-42-44-46-48-52(56)53-50(49-54)51(55)47-45-43-41-39-37-35-16-14-12-10-8-6-4-2/h15,17,19-20,50-51,54-55H,3-14,16,18,21-49H2,1-2H3,(H,53,56)/b17-15-,20-19-. The summed E-state index contributed by atoms with van der Waals surface area (Å²) in [7, 11) is 0.